The van der Waals surface area contributed by atoms with Gasteiger partial charge < -0.3 is 10.3 Å². The highest BCUT2D eigenvalue weighted by atomic mass is 32.1. The Hall–Kier alpha value is -2.36. The summed E-state index contributed by atoms with van der Waals surface area (Å²) in [4.78, 5) is 21.8. The summed E-state index contributed by atoms with van der Waals surface area (Å²) >= 11 is 6.82. The molecule has 0 spiro atoms. The number of hydrogen-bond donors (Lipinski definition) is 2. The molecule has 26 heavy (non-hydrogen) atoms. The zero-order valence-corrected chi connectivity index (χ0v) is 16.1. The van der Waals surface area contributed by atoms with E-state index in [9.17, 15) is 4.79 Å². The van der Waals surface area contributed by atoms with Crippen LogP contribution in [0.2, 0.25) is 0 Å². The highest BCUT2D eigenvalue weighted by Crippen LogP contribution is 2.15. The molecule has 0 aliphatic carbocycles. The van der Waals surface area contributed by atoms with Crippen LogP contribution in [0.5, 0.6) is 0 Å². The van der Waals surface area contributed by atoms with Crippen molar-refractivity contribution in [1.29, 1.82) is 0 Å². The van der Waals surface area contributed by atoms with Gasteiger partial charge in [-0.05, 0) is 30.9 Å². The molecule has 3 rings (SSSR count). The Bertz CT molecular complexity index is 1020. The molecule has 0 amide bonds. The van der Waals surface area contributed by atoms with Gasteiger partial charge in [0.25, 0.3) is 5.56 Å². The molecular weight excluding hydrogens is 368 g/mol. The predicted molar refractivity (Wildman–Crippen MR) is 108 cm³/mol. The second-order valence-electron chi connectivity index (χ2n) is 5.66. The van der Waals surface area contributed by atoms with E-state index in [2.05, 4.69) is 31.9 Å². The number of H-pyrrole nitrogens is 1. The zero-order valence-electron chi connectivity index (χ0n) is 14.4. The van der Waals surface area contributed by atoms with E-state index in [1.807, 2.05) is 25.1 Å². The van der Waals surface area contributed by atoms with Crippen molar-refractivity contribution in [3.8, 4) is 0 Å². The Labute approximate surface area is 160 Å². The highest BCUT2D eigenvalue weighted by Gasteiger charge is 2.11. The van der Waals surface area contributed by atoms with Crippen molar-refractivity contribution in [2.75, 3.05) is 18.4 Å². The SMILES string of the molecule is C=CCNc1nn(CN(CC)Cc2nc3ccccc3c(=O)[nH]2)c(=S)s1. The van der Waals surface area contributed by atoms with Crippen LogP contribution in [-0.4, -0.2) is 37.7 Å². The summed E-state index contributed by atoms with van der Waals surface area (Å²) in [6, 6.07) is 7.33. The summed E-state index contributed by atoms with van der Waals surface area (Å²) in [5.74, 6) is 0.627. The summed E-state index contributed by atoms with van der Waals surface area (Å²) in [5.41, 5.74) is 0.575. The molecule has 9 heteroatoms. The number of aromatic nitrogens is 4. The van der Waals surface area contributed by atoms with Gasteiger partial charge in [-0.3, -0.25) is 9.69 Å². The Morgan fingerprint density at radius 1 is 1.46 bits per heavy atom. The van der Waals surface area contributed by atoms with Gasteiger partial charge in [-0.2, -0.15) is 0 Å². The van der Waals surface area contributed by atoms with E-state index in [0.717, 1.165) is 11.7 Å². The van der Waals surface area contributed by atoms with Crippen LogP contribution in [0, 0.1) is 3.95 Å². The molecule has 0 aliphatic rings. The first-order chi connectivity index (χ1) is 12.6. The second-order valence-corrected chi connectivity index (χ2v) is 7.28. The summed E-state index contributed by atoms with van der Waals surface area (Å²) in [6.45, 7) is 8.17. The van der Waals surface area contributed by atoms with Gasteiger partial charge in [-0.1, -0.05) is 36.5 Å². The molecule has 3 aromatic rings. The lowest BCUT2D eigenvalue weighted by atomic mass is 10.2. The smallest absolute Gasteiger partial charge is 0.258 e. The van der Waals surface area contributed by atoms with Crippen molar-refractivity contribution in [3.63, 3.8) is 0 Å². The molecule has 0 saturated carbocycles. The average Bonchev–Trinajstić information content (AvgIpc) is 2.99. The molecule has 0 saturated heterocycles. The van der Waals surface area contributed by atoms with Crippen molar-refractivity contribution in [2.45, 2.75) is 20.1 Å². The summed E-state index contributed by atoms with van der Waals surface area (Å²) in [6.07, 6.45) is 1.77. The number of aromatic amines is 1. The minimum atomic E-state index is -0.122. The first-order valence-electron chi connectivity index (χ1n) is 8.23. The van der Waals surface area contributed by atoms with E-state index >= 15 is 0 Å². The number of benzene rings is 1. The van der Waals surface area contributed by atoms with E-state index < -0.39 is 0 Å². The van der Waals surface area contributed by atoms with E-state index in [1.54, 1.807) is 16.8 Å². The fraction of sp³-hybridized carbons (Fsp3) is 0.294. The summed E-state index contributed by atoms with van der Waals surface area (Å²) in [5, 5.41) is 8.99. The van der Waals surface area contributed by atoms with Crippen LogP contribution >= 0.6 is 23.6 Å². The van der Waals surface area contributed by atoms with Gasteiger partial charge in [0.15, 0.2) is 3.95 Å². The lowest BCUT2D eigenvalue weighted by Crippen LogP contribution is -2.28. The van der Waals surface area contributed by atoms with Crippen molar-refractivity contribution in [2.24, 2.45) is 0 Å². The van der Waals surface area contributed by atoms with E-state index in [4.69, 9.17) is 12.2 Å². The van der Waals surface area contributed by atoms with Crippen molar-refractivity contribution >= 4 is 39.6 Å². The summed E-state index contributed by atoms with van der Waals surface area (Å²) < 4.78 is 2.46. The van der Waals surface area contributed by atoms with Crippen LogP contribution in [0.4, 0.5) is 5.13 Å². The molecule has 2 N–H and O–H groups in total. The maximum absolute atomic E-state index is 12.2. The number of fused-ring (bicyclic) bond motifs is 1. The first-order valence-corrected chi connectivity index (χ1v) is 9.46. The number of nitrogens with one attached hydrogen (secondary N) is 2. The van der Waals surface area contributed by atoms with E-state index in [1.165, 1.54) is 11.3 Å². The molecule has 2 aromatic heterocycles. The number of rotatable bonds is 8. The summed E-state index contributed by atoms with van der Waals surface area (Å²) in [7, 11) is 0. The van der Waals surface area contributed by atoms with Gasteiger partial charge in [-0.15, -0.1) is 11.7 Å². The van der Waals surface area contributed by atoms with Gasteiger partial charge in [0, 0.05) is 6.54 Å². The van der Waals surface area contributed by atoms with Crippen molar-refractivity contribution < 1.29 is 0 Å². The largest absolute Gasteiger partial charge is 0.357 e. The van der Waals surface area contributed by atoms with Gasteiger partial charge in [0.2, 0.25) is 5.13 Å². The standard InChI is InChI=1S/C17H20N6OS2/c1-3-9-18-16-21-23(17(25)26-16)11-22(4-2)10-14-19-13-8-6-5-7-12(13)15(24)20-14/h3,5-8H,1,4,9-11H2,2H3,(H,18,21)(H,19,20,24). The molecule has 136 valence electrons. The van der Waals surface area contributed by atoms with Crippen molar-refractivity contribution in [3.05, 3.63) is 57.1 Å². The number of para-hydroxylation sites is 1. The third-order valence-electron chi connectivity index (χ3n) is 3.82. The van der Waals surface area contributed by atoms with E-state index in [-0.39, 0.29) is 5.56 Å². The van der Waals surface area contributed by atoms with Crippen molar-refractivity contribution in [1.82, 2.24) is 24.6 Å². The van der Waals surface area contributed by atoms with E-state index in [0.29, 0.717) is 40.4 Å². The zero-order chi connectivity index (χ0) is 18.5. The third kappa shape index (κ3) is 4.24. The Kier molecular flexibility index (Phi) is 5.92. The molecule has 0 bridgehead atoms. The average molecular weight is 389 g/mol. The molecule has 7 nitrogen and oxygen atoms in total. The quantitative estimate of drug-likeness (QED) is 0.456. The molecule has 0 atom stereocenters. The van der Waals surface area contributed by atoms with Gasteiger partial charge >= 0.3 is 0 Å². The minimum absolute atomic E-state index is 0.122. The lowest BCUT2D eigenvalue weighted by Gasteiger charge is -2.19. The fourth-order valence-corrected chi connectivity index (χ4v) is 3.50. The molecular formula is C17H20N6OS2. The Morgan fingerprint density at radius 2 is 2.27 bits per heavy atom. The maximum atomic E-state index is 12.2. The monoisotopic (exact) mass is 388 g/mol. The van der Waals surface area contributed by atoms with Gasteiger partial charge in [0.05, 0.1) is 24.1 Å². The Morgan fingerprint density at radius 3 is 3.04 bits per heavy atom. The Balaban J connectivity index is 1.78. The third-order valence-corrected chi connectivity index (χ3v) is 5.09. The second kappa shape index (κ2) is 8.35. The normalized spacial score (nSPS) is 11.2. The van der Waals surface area contributed by atoms with Crippen LogP contribution < -0.4 is 10.9 Å². The molecule has 0 fully saturated rings. The lowest BCUT2D eigenvalue weighted by molar-refractivity contribution is 0.204. The number of anilines is 1. The van der Waals surface area contributed by atoms with Gasteiger partial charge in [-0.25, -0.2) is 9.67 Å². The molecule has 0 radical (unpaired) electrons. The molecule has 0 aliphatic heterocycles. The van der Waals surface area contributed by atoms with Crippen LogP contribution in [0.15, 0.2) is 41.7 Å². The minimum Gasteiger partial charge on any atom is -0.357 e. The van der Waals surface area contributed by atoms with Crippen LogP contribution in [0.1, 0.15) is 12.7 Å². The number of nitrogens with zero attached hydrogens (tertiary/aromatic N) is 4. The topological polar surface area (TPSA) is 78.8 Å². The number of hydrogen-bond acceptors (Lipinski definition) is 7. The van der Waals surface area contributed by atoms with Crippen LogP contribution in [-0.2, 0) is 13.2 Å². The van der Waals surface area contributed by atoms with Crippen LogP contribution in [0.3, 0.4) is 0 Å². The molecule has 0 unspecified atom stereocenters. The predicted octanol–water partition coefficient (Wildman–Crippen LogP) is 2.99. The van der Waals surface area contributed by atoms with Crippen LogP contribution in [0.25, 0.3) is 10.9 Å². The molecule has 1 aromatic carbocycles. The fourth-order valence-electron chi connectivity index (χ4n) is 2.50. The maximum Gasteiger partial charge on any atom is 0.258 e. The molecule has 2 heterocycles. The highest BCUT2D eigenvalue weighted by molar-refractivity contribution is 7.73. The first kappa shape index (κ1) is 18.4. The van der Waals surface area contributed by atoms with Gasteiger partial charge in [0.1, 0.15) is 5.82 Å².